The molecule has 0 aromatic carbocycles. The van der Waals surface area contributed by atoms with E-state index in [0.717, 1.165) is 30.3 Å². The maximum Gasteiger partial charge on any atom is 0.292 e. The minimum Gasteiger partial charge on any atom is -0.479 e. The van der Waals surface area contributed by atoms with E-state index in [-0.39, 0.29) is 17.1 Å². The van der Waals surface area contributed by atoms with E-state index < -0.39 is 0 Å². The number of methoxy groups -OCH3 is 1. The van der Waals surface area contributed by atoms with Crippen LogP contribution in [0.2, 0.25) is 0 Å². The Morgan fingerprint density at radius 3 is 2.60 bits per heavy atom. The molecular weight excluding hydrogens is 340 g/mol. The van der Waals surface area contributed by atoms with E-state index in [0.29, 0.717) is 19.0 Å². The standard InChI is InChI=1S/C17H24N4O3S/c1-17(2,3)16-18-12(11-25-16)10-20-5-7-21(8-6-20)15(22)13-9-14(23-4)19-24-13/h9,11H,5-8,10H2,1-4H3. The molecule has 25 heavy (non-hydrogen) atoms. The van der Waals surface area contributed by atoms with Crippen LogP contribution in [0.1, 0.15) is 42.0 Å². The van der Waals surface area contributed by atoms with Crippen LogP contribution in [0.15, 0.2) is 16.0 Å². The zero-order chi connectivity index (χ0) is 18.0. The predicted molar refractivity (Wildman–Crippen MR) is 95.0 cm³/mol. The normalized spacial score (nSPS) is 16.2. The van der Waals surface area contributed by atoms with Crippen LogP contribution in [0.25, 0.3) is 0 Å². The van der Waals surface area contributed by atoms with E-state index in [4.69, 9.17) is 14.2 Å². The van der Waals surface area contributed by atoms with Gasteiger partial charge >= 0.3 is 0 Å². The summed E-state index contributed by atoms with van der Waals surface area (Å²) in [5, 5.41) is 6.98. The monoisotopic (exact) mass is 364 g/mol. The van der Waals surface area contributed by atoms with Gasteiger partial charge in [0.25, 0.3) is 11.8 Å². The van der Waals surface area contributed by atoms with Crippen LogP contribution < -0.4 is 4.74 Å². The van der Waals surface area contributed by atoms with E-state index >= 15 is 0 Å². The molecule has 0 spiro atoms. The Morgan fingerprint density at radius 1 is 1.32 bits per heavy atom. The quantitative estimate of drug-likeness (QED) is 0.830. The van der Waals surface area contributed by atoms with E-state index in [1.807, 2.05) is 0 Å². The molecule has 2 aromatic rings. The molecule has 1 aliphatic rings. The molecule has 1 saturated heterocycles. The van der Waals surface area contributed by atoms with Gasteiger partial charge in [0.2, 0.25) is 5.76 Å². The van der Waals surface area contributed by atoms with Crippen molar-refractivity contribution in [3.05, 3.63) is 27.9 Å². The van der Waals surface area contributed by atoms with Gasteiger partial charge in [-0.2, -0.15) is 0 Å². The minimum absolute atomic E-state index is 0.0895. The first-order valence-corrected chi connectivity index (χ1v) is 9.22. The fourth-order valence-electron chi connectivity index (χ4n) is 2.67. The van der Waals surface area contributed by atoms with Gasteiger partial charge in [-0.15, -0.1) is 11.3 Å². The highest BCUT2D eigenvalue weighted by molar-refractivity contribution is 7.09. The fraction of sp³-hybridized carbons (Fsp3) is 0.588. The summed E-state index contributed by atoms with van der Waals surface area (Å²) in [6.07, 6.45) is 0. The zero-order valence-corrected chi connectivity index (χ0v) is 15.9. The Kier molecular flexibility index (Phi) is 5.10. The largest absolute Gasteiger partial charge is 0.479 e. The lowest BCUT2D eigenvalue weighted by Crippen LogP contribution is -2.48. The van der Waals surface area contributed by atoms with Crippen molar-refractivity contribution in [1.29, 1.82) is 0 Å². The van der Waals surface area contributed by atoms with Crippen molar-refractivity contribution in [3.63, 3.8) is 0 Å². The number of hydrogen-bond donors (Lipinski definition) is 0. The second-order valence-corrected chi connectivity index (χ2v) is 8.05. The molecule has 0 aliphatic carbocycles. The predicted octanol–water partition coefficient (Wildman–Crippen LogP) is 2.40. The van der Waals surface area contributed by atoms with Gasteiger partial charge in [0.15, 0.2) is 0 Å². The summed E-state index contributed by atoms with van der Waals surface area (Å²) >= 11 is 1.72. The first kappa shape index (κ1) is 17.9. The molecule has 3 heterocycles. The highest BCUT2D eigenvalue weighted by atomic mass is 32.1. The third-order valence-electron chi connectivity index (χ3n) is 4.15. The van der Waals surface area contributed by atoms with Gasteiger partial charge in [0.05, 0.1) is 23.9 Å². The van der Waals surface area contributed by atoms with E-state index in [1.165, 1.54) is 13.2 Å². The number of thiazole rings is 1. The van der Waals surface area contributed by atoms with Gasteiger partial charge in [-0.25, -0.2) is 4.98 Å². The summed E-state index contributed by atoms with van der Waals surface area (Å²) in [6.45, 7) is 10.3. The summed E-state index contributed by atoms with van der Waals surface area (Å²) in [5.41, 5.74) is 1.20. The third kappa shape index (κ3) is 4.19. The molecule has 136 valence electrons. The number of hydrogen-bond acceptors (Lipinski definition) is 7. The van der Waals surface area contributed by atoms with Crippen molar-refractivity contribution in [2.24, 2.45) is 0 Å². The molecular formula is C17H24N4O3S. The Labute approximate surface area is 151 Å². The SMILES string of the molecule is COc1cc(C(=O)N2CCN(Cc3csc(C(C)(C)C)n3)CC2)on1. The van der Waals surface area contributed by atoms with Crippen molar-refractivity contribution >= 4 is 17.2 Å². The molecule has 0 atom stereocenters. The Balaban J connectivity index is 1.53. The highest BCUT2D eigenvalue weighted by Gasteiger charge is 2.26. The minimum atomic E-state index is -0.140. The summed E-state index contributed by atoms with van der Waals surface area (Å²) in [5.74, 6) is 0.402. The van der Waals surface area contributed by atoms with Crippen LogP contribution in [0.4, 0.5) is 0 Å². The molecule has 0 radical (unpaired) electrons. The first-order valence-electron chi connectivity index (χ1n) is 8.34. The smallest absolute Gasteiger partial charge is 0.292 e. The van der Waals surface area contributed by atoms with Crippen molar-refractivity contribution in [3.8, 4) is 5.88 Å². The van der Waals surface area contributed by atoms with E-state index in [2.05, 4.69) is 36.2 Å². The van der Waals surface area contributed by atoms with Crippen molar-refractivity contribution < 1.29 is 14.1 Å². The molecule has 1 amide bonds. The Hall–Kier alpha value is -1.93. The number of carbonyl (C=O) groups excluding carboxylic acids is 1. The topological polar surface area (TPSA) is 71.7 Å². The number of rotatable bonds is 4. The third-order valence-corrected chi connectivity index (χ3v) is 5.46. The molecule has 0 N–H and O–H groups in total. The number of aromatic nitrogens is 2. The summed E-state index contributed by atoms with van der Waals surface area (Å²) in [6, 6.07) is 1.53. The van der Waals surface area contributed by atoms with Gasteiger partial charge in [0, 0.05) is 43.5 Å². The number of carbonyl (C=O) groups is 1. The van der Waals surface area contributed by atoms with E-state index in [9.17, 15) is 4.79 Å². The summed E-state index contributed by atoms with van der Waals surface area (Å²) in [4.78, 5) is 21.3. The summed E-state index contributed by atoms with van der Waals surface area (Å²) < 4.78 is 9.99. The number of ether oxygens (including phenoxy) is 1. The molecule has 1 aliphatic heterocycles. The van der Waals surface area contributed by atoms with E-state index in [1.54, 1.807) is 16.2 Å². The van der Waals surface area contributed by atoms with Gasteiger partial charge in [-0.1, -0.05) is 20.8 Å². The number of nitrogens with zero attached hydrogens (tertiary/aromatic N) is 4. The molecule has 7 nitrogen and oxygen atoms in total. The number of amides is 1. The van der Waals surface area contributed by atoms with Gasteiger partial charge in [-0.3, -0.25) is 9.69 Å². The summed E-state index contributed by atoms with van der Waals surface area (Å²) in [7, 11) is 1.49. The van der Waals surface area contributed by atoms with Crippen molar-refractivity contribution in [2.75, 3.05) is 33.3 Å². The molecule has 0 unspecified atom stereocenters. The molecule has 8 heteroatoms. The second-order valence-electron chi connectivity index (χ2n) is 7.20. The van der Waals surface area contributed by atoms with Crippen molar-refractivity contribution in [2.45, 2.75) is 32.7 Å². The van der Waals surface area contributed by atoms with Crippen LogP contribution >= 0.6 is 11.3 Å². The van der Waals surface area contributed by atoms with Crippen LogP contribution in [0.5, 0.6) is 5.88 Å². The average molecular weight is 364 g/mol. The van der Waals surface area contributed by atoms with Crippen LogP contribution in [0.3, 0.4) is 0 Å². The average Bonchev–Trinajstić information content (AvgIpc) is 3.23. The molecule has 0 bridgehead atoms. The van der Waals surface area contributed by atoms with Crippen molar-refractivity contribution in [1.82, 2.24) is 19.9 Å². The Bertz CT molecular complexity index is 726. The molecule has 0 saturated carbocycles. The van der Waals surface area contributed by atoms with Crippen LogP contribution in [-0.4, -0.2) is 59.1 Å². The lowest BCUT2D eigenvalue weighted by atomic mass is 9.98. The highest BCUT2D eigenvalue weighted by Crippen LogP contribution is 2.26. The zero-order valence-electron chi connectivity index (χ0n) is 15.1. The van der Waals surface area contributed by atoms with Gasteiger partial charge in [0.1, 0.15) is 0 Å². The Morgan fingerprint density at radius 2 is 2.04 bits per heavy atom. The molecule has 2 aromatic heterocycles. The lowest BCUT2D eigenvalue weighted by Gasteiger charge is -2.33. The lowest BCUT2D eigenvalue weighted by molar-refractivity contribution is 0.0587. The maximum absolute atomic E-state index is 12.4. The van der Waals surface area contributed by atoms with Crippen LogP contribution in [0, 0.1) is 0 Å². The molecule has 3 rings (SSSR count). The van der Waals surface area contributed by atoms with Crippen LogP contribution in [-0.2, 0) is 12.0 Å². The van der Waals surface area contributed by atoms with Gasteiger partial charge < -0.3 is 14.2 Å². The fourth-order valence-corrected chi connectivity index (χ4v) is 3.57. The second kappa shape index (κ2) is 7.13. The first-order chi connectivity index (χ1) is 11.9. The maximum atomic E-state index is 12.4. The van der Waals surface area contributed by atoms with Gasteiger partial charge in [-0.05, 0) is 5.16 Å². The number of piperazine rings is 1. The molecule has 1 fully saturated rings.